The third-order valence-electron chi connectivity index (χ3n) is 5.96. The number of nitrogens with zero attached hydrogens (tertiary/aromatic N) is 1. The van der Waals surface area contributed by atoms with E-state index in [4.69, 9.17) is 0 Å². The van der Waals surface area contributed by atoms with Gasteiger partial charge in [0.05, 0.1) is 16.8 Å². The Balaban J connectivity index is 1.75. The van der Waals surface area contributed by atoms with Crippen LogP contribution < -0.4 is 15.4 Å². The minimum Gasteiger partial charge on any atom is -0.480 e. The number of halogens is 3. The summed E-state index contributed by atoms with van der Waals surface area (Å²) >= 11 is 0. The number of nitro benzene ring substituents is 1. The van der Waals surface area contributed by atoms with Crippen molar-refractivity contribution in [3.05, 3.63) is 69.8 Å². The molecule has 2 saturated heterocycles. The molecule has 2 fully saturated rings. The molecule has 2 aromatic carbocycles. The molecule has 2 aliphatic rings. The van der Waals surface area contributed by atoms with Crippen LogP contribution >= 0.6 is 0 Å². The van der Waals surface area contributed by atoms with Gasteiger partial charge in [-0.1, -0.05) is 24.3 Å². The molecule has 4 rings (SSSR count). The highest BCUT2D eigenvalue weighted by atomic mass is 19.4. The van der Waals surface area contributed by atoms with Crippen molar-refractivity contribution in [3.8, 4) is 5.75 Å². The van der Waals surface area contributed by atoms with E-state index in [1.165, 1.54) is 36.4 Å². The van der Waals surface area contributed by atoms with E-state index in [0.717, 1.165) is 12.1 Å². The molecule has 2 aliphatic heterocycles. The van der Waals surface area contributed by atoms with Crippen LogP contribution in [0.2, 0.25) is 0 Å². The van der Waals surface area contributed by atoms with E-state index < -0.39 is 58.2 Å². The van der Waals surface area contributed by atoms with Crippen LogP contribution in [0.25, 0.3) is 0 Å². The van der Waals surface area contributed by atoms with Crippen LogP contribution in [0, 0.1) is 22.0 Å². The van der Waals surface area contributed by atoms with E-state index in [1.807, 2.05) is 0 Å². The maximum atomic E-state index is 12.7. The number of hydrogen-bond acceptors (Lipinski definition) is 7. The van der Waals surface area contributed by atoms with Crippen molar-refractivity contribution in [3.63, 3.8) is 0 Å². The lowest BCUT2D eigenvalue weighted by molar-refractivity contribution is -0.384. The molecule has 0 radical (unpaired) electrons. The first-order valence-electron chi connectivity index (χ1n) is 9.86. The Morgan fingerprint density at radius 2 is 1.82 bits per heavy atom. The van der Waals surface area contributed by atoms with Crippen LogP contribution in [0.5, 0.6) is 5.75 Å². The summed E-state index contributed by atoms with van der Waals surface area (Å²) in [6, 6.07) is 8.59. The predicted molar refractivity (Wildman–Crippen MR) is 106 cm³/mol. The number of fused-ring (bicyclic) bond motifs is 1. The number of carboxylic acid groups (broad SMARTS) is 1. The molecule has 0 bridgehead atoms. The minimum absolute atomic E-state index is 0.119. The Kier molecular flexibility index (Phi) is 5.52. The summed E-state index contributed by atoms with van der Waals surface area (Å²) in [6.45, 7) is 0. The fourth-order valence-electron chi connectivity index (χ4n) is 4.61. The Labute approximate surface area is 188 Å². The summed E-state index contributed by atoms with van der Waals surface area (Å²) < 4.78 is 41.9. The van der Waals surface area contributed by atoms with E-state index in [9.17, 15) is 42.8 Å². The second kappa shape index (κ2) is 8.09. The third kappa shape index (κ3) is 4.05. The summed E-state index contributed by atoms with van der Waals surface area (Å²) in [5.74, 6) is -6.24. The fourth-order valence-corrected chi connectivity index (χ4v) is 4.61. The topological polar surface area (TPSA) is 148 Å². The lowest BCUT2D eigenvalue weighted by Crippen LogP contribution is -2.57. The summed E-state index contributed by atoms with van der Waals surface area (Å²) in [7, 11) is 0. The second-order valence-electron chi connectivity index (χ2n) is 7.98. The number of hydrogen-bond donors (Lipinski definition) is 3. The molecule has 0 spiro atoms. The zero-order chi connectivity index (χ0) is 24.8. The van der Waals surface area contributed by atoms with E-state index >= 15 is 0 Å². The number of carbonyl (C=O) groups excluding carboxylic acids is 2. The van der Waals surface area contributed by atoms with Crippen molar-refractivity contribution in [2.24, 2.45) is 11.8 Å². The van der Waals surface area contributed by atoms with E-state index in [1.54, 1.807) is 0 Å². The molecule has 2 heterocycles. The van der Waals surface area contributed by atoms with E-state index in [2.05, 4.69) is 15.4 Å². The minimum atomic E-state index is -4.97. The van der Waals surface area contributed by atoms with Gasteiger partial charge in [0.25, 0.3) is 5.69 Å². The molecular formula is C21H16F3N3O7. The molecule has 13 heteroatoms. The van der Waals surface area contributed by atoms with Gasteiger partial charge in [-0.05, 0) is 23.3 Å². The SMILES string of the molecule is O=C1NC(=O)C2C1C(c1cccc(OC(F)(F)F)c1)NC2(Cc1ccc([N+](=O)[O-])cc1)C(=O)O. The van der Waals surface area contributed by atoms with Crippen LogP contribution in [-0.4, -0.2) is 39.7 Å². The monoisotopic (exact) mass is 479 g/mol. The number of rotatable bonds is 6. The van der Waals surface area contributed by atoms with Gasteiger partial charge in [-0.15, -0.1) is 13.2 Å². The van der Waals surface area contributed by atoms with Gasteiger partial charge in [-0.2, -0.15) is 0 Å². The molecule has 10 nitrogen and oxygen atoms in total. The van der Waals surface area contributed by atoms with Gasteiger partial charge in [-0.3, -0.25) is 35.1 Å². The van der Waals surface area contributed by atoms with Gasteiger partial charge in [0.15, 0.2) is 0 Å². The average molecular weight is 479 g/mol. The number of non-ortho nitro benzene ring substituents is 1. The fraction of sp³-hybridized carbons (Fsp3) is 0.286. The second-order valence-corrected chi connectivity index (χ2v) is 7.98. The van der Waals surface area contributed by atoms with Crippen molar-refractivity contribution in [1.82, 2.24) is 10.6 Å². The molecule has 2 amide bonds. The lowest BCUT2D eigenvalue weighted by Gasteiger charge is -2.30. The van der Waals surface area contributed by atoms with Crippen molar-refractivity contribution in [2.75, 3.05) is 0 Å². The van der Waals surface area contributed by atoms with Gasteiger partial charge in [-0.25, -0.2) is 0 Å². The zero-order valence-corrected chi connectivity index (χ0v) is 17.0. The van der Waals surface area contributed by atoms with Gasteiger partial charge in [0, 0.05) is 24.6 Å². The molecule has 2 aromatic rings. The zero-order valence-electron chi connectivity index (χ0n) is 17.0. The smallest absolute Gasteiger partial charge is 0.480 e. The molecule has 4 atom stereocenters. The van der Waals surface area contributed by atoms with Crippen LogP contribution in [0.1, 0.15) is 17.2 Å². The highest BCUT2D eigenvalue weighted by molar-refractivity contribution is 6.09. The van der Waals surface area contributed by atoms with Crippen molar-refractivity contribution >= 4 is 23.5 Å². The van der Waals surface area contributed by atoms with Crippen LogP contribution in [-0.2, 0) is 20.8 Å². The van der Waals surface area contributed by atoms with E-state index in [-0.39, 0.29) is 17.7 Å². The highest BCUT2D eigenvalue weighted by Crippen LogP contribution is 2.48. The Bertz CT molecular complexity index is 1180. The molecule has 0 aromatic heterocycles. The lowest BCUT2D eigenvalue weighted by atomic mass is 9.76. The number of carbonyl (C=O) groups is 3. The number of nitrogens with one attached hydrogen (secondary N) is 2. The number of aliphatic carboxylic acids is 1. The van der Waals surface area contributed by atoms with Crippen LogP contribution in [0.3, 0.4) is 0 Å². The Morgan fingerprint density at radius 1 is 1.15 bits per heavy atom. The largest absolute Gasteiger partial charge is 0.573 e. The number of amides is 2. The Hall–Kier alpha value is -4.00. The number of benzene rings is 2. The van der Waals surface area contributed by atoms with Crippen LogP contribution in [0.4, 0.5) is 18.9 Å². The number of ether oxygens (including phenoxy) is 1. The van der Waals surface area contributed by atoms with Gasteiger partial charge in [0.1, 0.15) is 11.3 Å². The normalized spacial score (nSPS) is 26.1. The number of imide groups is 1. The average Bonchev–Trinajstić information content (AvgIpc) is 3.24. The third-order valence-corrected chi connectivity index (χ3v) is 5.96. The van der Waals surface area contributed by atoms with E-state index in [0.29, 0.717) is 5.56 Å². The van der Waals surface area contributed by atoms with Crippen molar-refractivity contribution in [2.45, 2.75) is 24.4 Å². The van der Waals surface area contributed by atoms with Crippen molar-refractivity contribution in [1.29, 1.82) is 0 Å². The summed E-state index contributed by atoms with van der Waals surface area (Å²) in [5, 5.41) is 26.0. The Morgan fingerprint density at radius 3 is 2.41 bits per heavy atom. The van der Waals surface area contributed by atoms with Gasteiger partial charge >= 0.3 is 12.3 Å². The molecule has 3 N–H and O–H groups in total. The van der Waals surface area contributed by atoms with Gasteiger partial charge < -0.3 is 9.84 Å². The maximum absolute atomic E-state index is 12.7. The molecule has 0 aliphatic carbocycles. The molecule has 34 heavy (non-hydrogen) atoms. The standard InChI is InChI=1S/C21H16F3N3O7/c22-21(23,24)34-13-3-1-2-11(8-13)16-14-15(18(29)25-17(14)28)20(26-16,19(30)31)9-10-4-6-12(7-5-10)27(32)33/h1-8,14-16,26H,9H2,(H,30,31)(H,25,28,29). The first-order chi connectivity index (χ1) is 15.9. The highest BCUT2D eigenvalue weighted by Gasteiger charge is 2.66. The van der Waals surface area contributed by atoms with Gasteiger partial charge in [0.2, 0.25) is 11.8 Å². The summed E-state index contributed by atoms with van der Waals surface area (Å²) in [4.78, 5) is 48.0. The first-order valence-corrected chi connectivity index (χ1v) is 9.86. The quantitative estimate of drug-likeness (QED) is 0.324. The molecule has 178 valence electrons. The number of nitro groups is 1. The first kappa shape index (κ1) is 23.2. The molecule has 4 unspecified atom stereocenters. The molecular weight excluding hydrogens is 463 g/mol. The predicted octanol–water partition coefficient (Wildman–Crippen LogP) is 2.09. The maximum Gasteiger partial charge on any atom is 0.573 e. The number of alkyl halides is 3. The van der Waals surface area contributed by atoms with Crippen molar-refractivity contribution < 1.29 is 42.3 Å². The summed E-state index contributed by atoms with van der Waals surface area (Å²) in [6.07, 6.45) is -5.29. The van der Waals surface area contributed by atoms with Crippen LogP contribution in [0.15, 0.2) is 48.5 Å². The molecule has 0 saturated carbocycles. The number of carboxylic acids is 1. The summed E-state index contributed by atoms with van der Waals surface area (Å²) in [5.41, 5.74) is -1.78.